The fourth-order valence-corrected chi connectivity index (χ4v) is 8.01. The molecule has 0 spiro atoms. The van der Waals surface area contributed by atoms with Gasteiger partial charge in [0.2, 0.25) is 0 Å². The number of aromatic nitrogens is 4. The molecule has 21 heteroatoms. The van der Waals surface area contributed by atoms with Crippen LogP contribution in [0.15, 0.2) is 174 Å². The molecule has 2 saturated heterocycles. The Bertz CT molecular complexity index is 3260. The first-order chi connectivity index (χ1) is 35.7. The lowest BCUT2D eigenvalue weighted by Crippen LogP contribution is -2.43. The third-order valence-corrected chi connectivity index (χ3v) is 11.7. The largest absolute Gasteiger partial charge is 0.459 e. The van der Waals surface area contributed by atoms with Gasteiger partial charge < -0.3 is 50.5 Å². The Hall–Kier alpha value is -8.99. The van der Waals surface area contributed by atoms with Crippen molar-refractivity contribution in [3.63, 3.8) is 0 Å². The summed E-state index contributed by atoms with van der Waals surface area (Å²) in [6.07, 6.45) is -8.23. The van der Waals surface area contributed by atoms with E-state index in [1.165, 1.54) is 36.7 Å². The van der Waals surface area contributed by atoms with Crippen LogP contribution in [-0.2, 0) is 23.7 Å². The lowest BCUT2D eigenvalue weighted by Gasteiger charge is -2.25. The van der Waals surface area contributed by atoms with Crippen LogP contribution in [0.2, 0.25) is 0 Å². The summed E-state index contributed by atoms with van der Waals surface area (Å²) in [5, 5.41) is 29.2. The van der Waals surface area contributed by atoms with E-state index in [-0.39, 0.29) is 28.1 Å². The predicted molar refractivity (Wildman–Crippen MR) is 260 cm³/mol. The number of hydrogen-bond acceptors (Lipinski definition) is 17. The van der Waals surface area contributed by atoms with Crippen molar-refractivity contribution in [1.82, 2.24) is 19.1 Å². The molecule has 7 N–H and O–H groups in total. The minimum atomic E-state index is -1.50. The van der Waals surface area contributed by atoms with Crippen LogP contribution in [0.5, 0.6) is 0 Å². The number of ether oxygens (including phenoxy) is 5. The van der Waals surface area contributed by atoms with Crippen molar-refractivity contribution in [1.29, 1.82) is 0 Å². The standard InChI is InChI=1S/C37H29N3O9.C16H17N3O6/c38-32(41)29-33(42)40(21-27(39-29)23-13-5-1-6-14-23)34-31(49-37(45)26-19-11-4-12-20-26)30(48-36(44)25-17-9-3-10-18-25)28(47-34)22-46-35(43)24-15-7-2-8-16-24;17-14(23)11-15(24)19(16-13(22)12(21)10(7-20)25-16)6-9(18-11)8-4-2-1-3-5-8/h1-21,28,30-31,34H,22H2,(H2,38,41);1-6,10,12-13,16,20-22H,7H2,(H2,17,23)/t28-,30-,31?,34-;10-,12-,13-,16-/m11/s1. The Morgan fingerprint density at radius 2 is 0.892 bits per heavy atom. The van der Waals surface area contributed by atoms with Gasteiger partial charge in [0.1, 0.15) is 31.0 Å². The predicted octanol–water partition coefficient (Wildman–Crippen LogP) is 2.84. The summed E-state index contributed by atoms with van der Waals surface area (Å²) >= 11 is 0. The molecule has 9 rings (SSSR count). The fourth-order valence-electron chi connectivity index (χ4n) is 8.01. The van der Waals surface area contributed by atoms with Crippen LogP contribution in [0.4, 0.5) is 0 Å². The Morgan fingerprint density at radius 1 is 0.514 bits per heavy atom. The molecule has 21 nitrogen and oxygen atoms in total. The molecule has 4 heterocycles. The quantitative estimate of drug-likeness (QED) is 0.0773. The zero-order valence-electron chi connectivity index (χ0n) is 38.8. The molecule has 378 valence electrons. The van der Waals surface area contributed by atoms with Crippen LogP contribution in [-0.4, -0.2) is 114 Å². The molecule has 1 unspecified atom stereocenters. The summed E-state index contributed by atoms with van der Waals surface area (Å²) in [6.45, 7) is -1.01. The highest BCUT2D eigenvalue weighted by Crippen LogP contribution is 2.36. The summed E-state index contributed by atoms with van der Waals surface area (Å²) < 4.78 is 31.1. The number of esters is 3. The summed E-state index contributed by atoms with van der Waals surface area (Å²) in [5.41, 5.74) is 10.1. The van der Waals surface area contributed by atoms with Crippen molar-refractivity contribution in [3.8, 4) is 22.5 Å². The Labute approximate surface area is 419 Å². The molecule has 0 bridgehead atoms. The summed E-state index contributed by atoms with van der Waals surface area (Å²) in [6, 6.07) is 41.7. The third-order valence-electron chi connectivity index (χ3n) is 11.7. The molecule has 2 fully saturated rings. The molecule has 74 heavy (non-hydrogen) atoms. The molecule has 0 aliphatic carbocycles. The first-order valence-electron chi connectivity index (χ1n) is 22.7. The molecule has 2 aliphatic rings. The highest BCUT2D eigenvalue weighted by molar-refractivity contribution is 5.92. The second-order valence-electron chi connectivity index (χ2n) is 16.6. The SMILES string of the molecule is NC(=O)c1nc(-c2ccccc2)cn([C@@H]2O[C@H](CO)[C@@H](O)[C@H]2O)c1=O.NC(=O)c1nc(-c2ccccc2)cn([C@@H]2O[C@H](COC(=O)c3ccccc3)[C@@H](OC(=O)c3ccccc3)C2OC(=O)c2ccccc2)c1=O. The number of carbonyl (C=O) groups excluding carboxylic acids is 5. The first-order valence-corrected chi connectivity index (χ1v) is 22.7. The van der Waals surface area contributed by atoms with Gasteiger partial charge in [-0.05, 0) is 36.4 Å². The number of nitrogens with two attached hydrogens (primary N) is 2. The van der Waals surface area contributed by atoms with Gasteiger partial charge in [0.05, 0.1) is 34.7 Å². The average molecular weight is 1010 g/mol. The molecular formula is C53H46N6O15. The fraction of sp³-hybridized carbons (Fsp3) is 0.189. The number of rotatable bonds is 14. The summed E-state index contributed by atoms with van der Waals surface area (Å²) in [4.78, 5) is 98.4. The van der Waals surface area contributed by atoms with Crippen molar-refractivity contribution in [3.05, 3.63) is 213 Å². The molecule has 2 aliphatic heterocycles. The Morgan fingerprint density at radius 3 is 1.30 bits per heavy atom. The van der Waals surface area contributed by atoms with Crippen molar-refractivity contribution < 1.29 is 63.0 Å². The number of hydrogen-bond donors (Lipinski definition) is 5. The van der Waals surface area contributed by atoms with Gasteiger partial charge in [-0.25, -0.2) is 24.4 Å². The van der Waals surface area contributed by atoms with E-state index in [1.54, 1.807) is 127 Å². The number of benzene rings is 5. The van der Waals surface area contributed by atoms with Crippen molar-refractivity contribution in [2.75, 3.05) is 13.2 Å². The van der Waals surface area contributed by atoms with Gasteiger partial charge in [0, 0.05) is 23.5 Å². The smallest absolute Gasteiger partial charge is 0.338 e. The topological polar surface area (TPSA) is 314 Å². The third kappa shape index (κ3) is 11.4. The van der Waals surface area contributed by atoms with Crippen molar-refractivity contribution in [2.45, 2.75) is 49.1 Å². The maximum Gasteiger partial charge on any atom is 0.338 e. The number of carbonyl (C=O) groups is 5. The van der Waals surface area contributed by atoms with Crippen LogP contribution in [0.3, 0.4) is 0 Å². The van der Waals surface area contributed by atoms with Crippen LogP contribution in [0, 0.1) is 0 Å². The molecular weight excluding hydrogens is 961 g/mol. The summed E-state index contributed by atoms with van der Waals surface area (Å²) in [7, 11) is 0. The molecule has 7 aromatic rings. The normalized spacial score (nSPS) is 20.9. The van der Waals surface area contributed by atoms with Gasteiger partial charge in [-0.15, -0.1) is 0 Å². The lowest BCUT2D eigenvalue weighted by molar-refractivity contribution is -0.0635. The second-order valence-corrected chi connectivity index (χ2v) is 16.6. The molecule has 2 amide bonds. The van der Waals surface area contributed by atoms with Crippen molar-refractivity contribution >= 4 is 29.7 Å². The second kappa shape index (κ2) is 23.0. The first kappa shape index (κ1) is 51.4. The van der Waals surface area contributed by atoms with Gasteiger partial charge in [-0.2, -0.15) is 0 Å². The molecule has 5 aromatic carbocycles. The van der Waals surface area contributed by atoms with Gasteiger partial charge in [-0.1, -0.05) is 115 Å². The van der Waals surface area contributed by atoms with E-state index in [1.807, 2.05) is 0 Å². The molecule has 0 radical (unpaired) electrons. The zero-order chi connectivity index (χ0) is 52.5. The van der Waals surface area contributed by atoms with E-state index < -0.39 is 115 Å². The number of nitrogens with zero attached hydrogens (tertiary/aromatic N) is 4. The Kier molecular flexibility index (Phi) is 16.0. The highest BCUT2D eigenvalue weighted by Gasteiger charge is 2.52. The lowest BCUT2D eigenvalue weighted by atomic mass is 10.1. The average Bonchev–Trinajstić information content (AvgIpc) is 3.91. The Balaban J connectivity index is 0.000000244. The van der Waals surface area contributed by atoms with E-state index in [2.05, 4.69) is 9.97 Å². The van der Waals surface area contributed by atoms with Crippen LogP contribution >= 0.6 is 0 Å². The van der Waals surface area contributed by atoms with Gasteiger partial charge in [0.25, 0.3) is 22.9 Å². The minimum absolute atomic E-state index is 0.165. The minimum Gasteiger partial charge on any atom is -0.459 e. The van der Waals surface area contributed by atoms with E-state index >= 15 is 0 Å². The van der Waals surface area contributed by atoms with E-state index in [0.29, 0.717) is 11.1 Å². The molecule has 0 saturated carbocycles. The van der Waals surface area contributed by atoms with E-state index in [9.17, 15) is 48.9 Å². The molecule has 8 atom stereocenters. The maximum atomic E-state index is 13.8. The number of aliphatic hydroxyl groups is 3. The van der Waals surface area contributed by atoms with Gasteiger partial charge in [0.15, 0.2) is 36.1 Å². The van der Waals surface area contributed by atoms with Crippen LogP contribution in [0.25, 0.3) is 22.5 Å². The van der Waals surface area contributed by atoms with Gasteiger partial charge >= 0.3 is 17.9 Å². The van der Waals surface area contributed by atoms with E-state index in [0.717, 1.165) is 9.13 Å². The molecule has 2 aromatic heterocycles. The van der Waals surface area contributed by atoms with Gasteiger partial charge in [-0.3, -0.25) is 28.3 Å². The number of primary amides is 2. The van der Waals surface area contributed by atoms with Crippen LogP contribution in [0.1, 0.15) is 64.5 Å². The van der Waals surface area contributed by atoms with Crippen molar-refractivity contribution in [2.24, 2.45) is 11.5 Å². The maximum absolute atomic E-state index is 13.8. The van der Waals surface area contributed by atoms with E-state index in [4.69, 9.17) is 35.2 Å². The summed E-state index contributed by atoms with van der Waals surface area (Å²) in [5.74, 6) is -4.43. The zero-order valence-corrected chi connectivity index (χ0v) is 38.8. The van der Waals surface area contributed by atoms with Crippen LogP contribution < -0.4 is 22.6 Å². The number of aliphatic hydroxyl groups excluding tert-OH is 3. The highest BCUT2D eigenvalue weighted by atomic mass is 16.7. The number of amides is 2. The monoisotopic (exact) mass is 1010 g/mol.